The second kappa shape index (κ2) is 4.88. The summed E-state index contributed by atoms with van der Waals surface area (Å²) in [6.45, 7) is 1.96. The number of rotatable bonds is 2. The number of hydrogen-bond donors (Lipinski definition) is 3. The number of quaternary nitrogens is 1. The Labute approximate surface area is 106 Å². The van der Waals surface area contributed by atoms with Gasteiger partial charge in [0.05, 0.1) is 0 Å². The molecule has 0 spiro atoms. The van der Waals surface area contributed by atoms with Crippen molar-refractivity contribution >= 4 is 23.6 Å². The summed E-state index contributed by atoms with van der Waals surface area (Å²) in [4.78, 5) is 16.3. The number of nitrogens with two attached hydrogens (primary N) is 1. The van der Waals surface area contributed by atoms with Crippen LogP contribution in [-0.4, -0.2) is 31.4 Å². The Kier molecular flexibility index (Phi) is 3.08. The zero-order valence-corrected chi connectivity index (χ0v) is 10.1. The molecular formula is C13H17N4O+. The van der Waals surface area contributed by atoms with Gasteiger partial charge in [0.15, 0.2) is 12.0 Å². The molecule has 1 aromatic carbocycles. The maximum absolute atomic E-state index is 12.1. The molecule has 2 heterocycles. The van der Waals surface area contributed by atoms with Gasteiger partial charge in [0, 0.05) is 17.7 Å². The molecule has 5 nitrogen and oxygen atoms in total. The van der Waals surface area contributed by atoms with Gasteiger partial charge in [0.2, 0.25) is 0 Å². The van der Waals surface area contributed by atoms with E-state index in [0.29, 0.717) is 11.6 Å². The third kappa shape index (κ3) is 2.27. The quantitative estimate of drug-likeness (QED) is 0.644. The number of amides is 1. The summed E-state index contributed by atoms with van der Waals surface area (Å²) < 4.78 is 0. The number of benzene rings is 1. The minimum atomic E-state index is 0.00630. The van der Waals surface area contributed by atoms with Crippen molar-refractivity contribution < 1.29 is 10.1 Å². The number of piperidine rings is 1. The third-order valence-electron chi connectivity index (χ3n) is 3.43. The highest BCUT2D eigenvalue weighted by Crippen LogP contribution is 2.24. The van der Waals surface area contributed by atoms with Crippen LogP contribution in [0.4, 0.5) is 11.4 Å². The van der Waals surface area contributed by atoms with E-state index in [0.717, 1.165) is 37.3 Å². The van der Waals surface area contributed by atoms with Gasteiger partial charge in [-0.05, 0) is 38.1 Å². The average molecular weight is 245 g/mol. The van der Waals surface area contributed by atoms with Crippen LogP contribution in [0.5, 0.6) is 0 Å². The van der Waals surface area contributed by atoms with Crippen LogP contribution in [-0.2, 0) is 0 Å². The van der Waals surface area contributed by atoms with E-state index in [1.54, 1.807) is 6.34 Å². The zero-order chi connectivity index (χ0) is 12.4. The van der Waals surface area contributed by atoms with E-state index in [2.05, 4.69) is 15.6 Å². The Morgan fingerprint density at radius 1 is 1.39 bits per heavy atom. The first kappa shape index (κ1) is 11.4. The van der Waals surface area contributed by atoms with Crippen LogP contribution < -0.4 is 16.0 Å². The lowest BCUT2D eigenvalue weighted by Gasteiger charge is -2.23. The van der Waals surface area contributed by atoms with E-state index in [-0.39, 0.29) is 5.91 Å². The molecule has 0 atom stereocenters. The van der Waals surface area contributed by atoms with Crippen LogP contribution in [0.3, 0.4) is 0 Å². The van der Waals surface area contributed by atoms with Gasteiger partial charge >= 0.3 is 0 Å². The molecule has 94 valence electrons. The average Bonchev–Trinajstić information content (AvgIpc) is 2.87. The molecule has 2 aliphatic heterocycles. The molecular weight excluding hydrogens is 228 g/mol. The van der Waals surface area contributed by atoms with Crippen LogP contribution in [0.25, 0.3) is 0 Å². The second-order valence-corrected chi connectivity index (χ2v) is 4.72. The molecule has 1 amide bonds. The van der Waals surface area contributed by atoms with Gasteiger partial charge < -0.3 is 10.6 Å². The fourth-order valence-electron chi connectivity index (χ4n) is 2.37. The normalized spacial score (nSPS) is 18.7. The largest absolute Gasteiger partial charge is 0.349 e. The summed E-state index contributed by atoms with van der Waals surface area (Å²) >= 11 is 0. The minimum Gasteiger partial charge on any atom is -0.349 e. The van der Waals surface area contributed by atoms with Crippen molar-refractivity contribution in [3.05, 3.63) is 23.8 Å². The molecule has 1 saturated heterocycles. The third-order valence-corrected chi connectivity index (χ3v) is 3.43. The molecule has 1 aromatic rings. The van der Waals surface area contributed by atoms with Crippen molar-refractivity contribution in [3.63, 3.8) is 0 Å². The summed E-state index contributed by atoms with van der Waals surface area (Å²) in [6, 6.07) is 5.95. The molecule has 0 aliphatic carbocycles. The number of carbonyl (C=O) groups excluding carboxylic acids is 1. The topological polar surface area (TPSA) is 70.1 Å². The van der Waals surface area contributed by atoms with E-state index in [1.165, 1.54) is 0 Å². The second-order valence-electron chi connectivity index (χ2n) is 4.72. The van der Waals surface area contributed by atoms with Crippen molar-refractivity contribution in [2.45, 2.75) is 18.9 Å². The van der Waals surface area contributed by atoms with Gasteiger partial charge in [-0.15, -0.1) is 0 Å². The Morgan fingerprint density at radius 2 is 2.22 bits per heavy atom. The van der Waals surface area contributed by atoms with Gasteiger partial charge in [-0.2, -0.15) is 4.99 Å². The van der Waals surface area contributed by atoms with Gasteiger partial charge in [0.25, 0.3) is 5.91 Å². The molecule has 2 aliphatic rings. The number of nitrogens with one attached hydrogen (secondary N) is 2. The molecule has 0 unspecified atom stereocenters. The molecule has 3 rings (SSSR count). The lowest BCUT2D eigenvalue weighted by atomic mass is 10.1. The molecule has 4 N–H and O–H groups in total. The van der Waals surface area contributed by atoms with Gasteiger partial charge in [-0.1, -0.05) is 0 Å². The molecule has 1 fully saturated rings. The smallest absolute Gasteiger partial charge is 0.251 e. The Bertz CT molecular complexity index is 492. The molecule has 5 heteroatoms. The Morgan fingerprint density at radius 3 is 3.06 bits per heavy atom. The standard InChI is InChI=1S/C13H16N4O/c18-13(17-10-3-5-14-6-4-10)9-1-2-11-12(7-9)16-8-15-11/h1-2,7-8,10,14H,3-6H2,(H,15,16)(H,17,18)/p+1. The highest BCUT2D eigenvalue weighted by atomic mass is 16.1. The van der Waals surface area contributed by atoms with E-state index in [1.807, 2.05) is 23.5 Å². The number of aliphatic imine (C=N–C) groups is 1. The van der Waals surface area contributed by atoms with Crippen LogP contribution in [0.2, 0.25) is 0 Å². The summed E-state index contributed by atoms with van der Waals surface area (Å²) in [7, 11) is 0. The first-order chi connectivity index (χ1) is 8.83. The molecule has 18 heavy (non-hydrogen) atoms. The zero-order valence-electron chi connectivity index (χ0n) is 10.1. The van der Waals surface area contributed by atoms with Gasteiger partial charge in [0.1, 0.15) is 5.69 Å². The minimum absolute atomic E-state index is 0.00630. The van der Waals surface area contributed by atoms with Crippen molar-refractivity contribution in [2.75, 3.05) is 13.1 Å². The Hall–Kier alpha value is -1.72. The van der Waals surface area contributed by atoms with E-state index >= 15 is 0 Å². The molecule has 0 radical (unpaired) electrons. The van der Waals surface area contributed by atoms with Crippen molar-refractivity contribution in [2.24, 2.45) is 4.99 Å². The maximum atomic E-state index is 12.1. The lowest BCUT2D eigenvalue weighted by Crippen LogP contribution is -2.74. The lowest BCUT2D eigenvalue weighted by molar-refractivity contribution is -0.427. The summed E-state index contributed by atoms with van der Waals surface area (Å²) in [5.74, 6) is 0.00630. The highest BCUT2D eigenvalue weighted by Gasteiger charge is 2.18. The highest BCUT2D eigenvalue weighted by molar-refractivity contribution is 5.96. The maximum Gasteiger partial charge on any atom is 0.251 e. The number of carbonyl (C=O) groups is 1. The van der Waals surface area contributed by atoms with Crippen molar-refractivity contribution in [1.82, 2.24) is 10.6 Å². The van der Waals surface area contributed by atoms with E-state index in [4.69, 9.17) is 0 Å². The van der Waals surface area contributed by atoms with Gasteiger partial charge in [-0.25, -0.2) is 0 Å². The van der Waals surface area contributed by atoms with Crippen molar-refractivity contribution in [3.8, 4) is 0 Å². The molecule has 0 saturated carbocycles. The first-order valence-electron chi connectivity index (χ1n) is 6.36. The summed E-state index contributed by atoms with van der Waals surface area (Å²) in [5, 5.41) is 8.32. The van der Waals surface area contributed by atoms with Crippen LogP contribution >= 0.6 is 0 Å². The molecule has 0 bridgehead atoms. The SMILES string of the molecule is O=C(NC1CCNCC1)c1ccc2c(c1)N=C[NH2+]2. The molecule has 0 aromatic heterocycles. The first-order valence-corrected chi connectivity index (χ1v) is 6.36. The number of nitrogens with zero attached hydrogens (tertiary/aromatic N) is 1. The van der Waals surface area contributed by atoms with Crippen LogP contribution in [0.15, 0.2) is 23.2 Å². The fourth-order valence-corrected chi connectivity index (χ4v) is 2.37. The van der Waals surface area contributed by atoms with E-state index in [9.17, 15) is 4.79 Å². The number of fused-ring (bicyclic) bond motifs is 1. The van der Waals surface area contributed by atoms with E-state index < -0.39 is 0 Å². The predicted molar refractivity (Wildman–Crippen MR) is 69.5 cm³/mol. The fraction of sp³-hybridized carbons (Fsp3) is 0.385. The monoisotopic (exact) mass is 245 g/mol. The van der Waals surface area contributed by atoms with Gasteiger partial charge in [-0.3, -0.25) is 10.1 Å². The predicted octanol–water partition coefficient (Wildman–Crippen LogP) is 0.0367. The van der Waals surface area contributed by atoms with Crippen LogP contribution in [0, 0.1) is 0 Å². The summed E-state index contributed by atoms with van der Waals surface area (Å²) in [5.41, 5.74) is 2.65. The van der Waals surface area contributed by atoms with Crippen molar-refractivity contribution in [1.29, 1.82) is 0 Å². The number of hydrogen-bond acceptors (Lipinski definition) is 3. The Balaban J connectivity index is 1.70. The summed E-state index contributed by atoms with van der Waals surface area (Å²) in [6.07, 6.45) is 3.77. The van der Waals surface area contributed by atoms with Crippen LogP contribution in [0.1, 0.15) is 23.2 Å².